The smallest absolute Gasteiger partial charge is 0.322 e. The van der Waals surface area contributed by atoms with E-state index >= 15 is 0 Å². The van der Waals surface area contributed by atoms with Gasteiger partial charge in [-0.2, -0.15) is 13.2 Å². The number of alkyl halides is 3. The van der Waals surface area contributed by atoms with Gasteiger partial charge in [0.05, 0.1) is 0 Å². The lowest BCUT2D eigenvalue weighted by molar-refractivity contribution is -0.141. The third kappa shape index (κ3) is 4.30. The fraction of sp³-hybridized carbons (Fsp3) is 0.308. The number of rotatable bonds is 4. The lowest BCUT2D eigenvalue weighted by Gasteiger charge is -2.22. The first-order valence-corrected chi connectivity index (χ1v) is 6.14. The number of aryl methyl sites for hydroxylation is 1. The van der Waals surface area contributed by atoms with E-state index in [1.54, 1.807) is 37.3 Å². The van der Waals surface area contributed by atoms with Crippen LogP contribution in [0.4, 0.5) is 13.2 Å². The van der Waals surface area contributed by atoms with Crippen molar-refractivity contribution in [3.63, 3.8) is 0 Å². The van der Waals surface area contributed by atoms with Crippen LogP contribution in [-0.4, -0.2) is 38.7 Å². The number of carbonyl (C=O) groups excluding carboxylic acids is 1. The maximum atomic E-state index is 12.6. The Bertz CT molecular complexity index is 609. The number of aromatic amines is 1. The molecule has 2 rings (SSSR count). The molecule has 5 nitrogen and oxygen atoms in total. The van der Waals surface area contributed by atoms with Crippen molar-refractivity contribution in [1.82, 2.24) is 20.1 Å². The molecule has 0 unspecified atom stereocenters. The lowest BCUT2D eigenvalue weighted by atomic mass is 10.2. The zero-order valence-electron chi connectivity index (χ0n) is 11.2. The molecule has 1 amide bonds. The van der Waals surface area contributed by atoms with Gasteiger partial charge in [0.25, 0.3) is 5.91 Å². The molecule has 0 saturated carbocycles. The number of nitrogens with zero attached hydrogens (tertiary/aromatic N) is 3. The van der Waals surface area contributed by atoms with Crippen LogP contribution in [0.25, 0.3) is 0 Å². The zero-order valence-corrected chi connectivity index (χ0v) is 11.2. The second kappa shape index (κ2) is 5.94. The van der Waals surface area contributed by atoms with E-state index in [1.165, 1.54) is 0 Å². The van der Waals surface area contributed by atoms with Gasteiger partial charge in [0.15, 0.2) is 0 Å². The number of nitrogens with one attached hydrogen (secondary N) is 1. The van der Waals surface area contributed by atoms with Crippen LogP contribution in [0.3, 0.4) is 0 Å². The highest BCUT2D eigenvalue weighted by Gasteiger charge is 2.34. The Kier molecular flexibility index (Phi) is 4.25. The van der Waals surface area contributed by atoms with Crippen LogP contribution in [0.1, 0.15) is 22.0 Å². The summed E-state index contributed by atoms with van der Waals surface area (Å²) in [6, 6.07) is 8.45. The number of carbonyl (C=O) groups is 1. The molecule has 112 valence electrons. The minimum atomic E-state index is -4.49. The Labute approximate surface area is 118 Å². The maximum absolute atomic E-state index is 12.6. The highest BCUT2D eigenvalue weighted by atomic mass is 19.4. The molecule has 1 heterocycles. The summed E-state index contributed by atoms with van der Waals surface area (Å²) in [5.41, 5.74) is 0.599. The minimum absolute atomic E-state index is 0.160. The van der Waals surface area contributed by atoms with Crippen LogP contribution in [0.2, 0.25) is 0 Å². The van der Waals surface area contributed by atoms with Crippen molar-refractivity contribution in [2.45, 2.75) is 19.6 Å². The van der Waals surface area contributed by atoms with Crippen LogP contribution in [0.15, 0.2) is 30.3 Å². The summed E-state index contributed by atoms with van der Waals surface area (Å²) in [4.78, 5) is 16.6. The molecule has 21 heavy (non-hydrogen) atoms. The number of amides is 1. The quantitative estimate of drug-likeness (QED) is 0.942. The Hall–Kier alpha value is -2.38. The van der Waals surface area contributed by atoms with Crippen molar-refractivity contribution >= 4 is 5.91 Å². The van der Waals surface area contributed by atoms with Crippen LogP contribution in [0, 0.1) is 6.92 Å². The third-order valence-electron chi connectivity index (χ3n) is 2.66. The topological polar surface area (TPSA) is 61.9 Å². The summed E-state index contributed by atoms with van der Waals surface area (Å²) >= 11 is 0. The summed E-state index contributed by atoms with van der Waals surface area (Å²) in [7, 11) is 0. The van der Waals surface area contributed by atoms with Crippen LogP contribution in [-0.2, 0) is 6.54 Å². The molecule has 0 radical (unpaired) electrons. The Morgan fingerprint density at radius 2 is 1.95 bits per heavy atom. The molecule has 0 aliphatic carbocycles. The average molecular weight is 298 g/mol. The van der Waals surface area contributed by atoms with Crippen molar-refractivity contribution < 1.29 is 18.0 Å². The number of benzene rings is 1. The molecule has 0 aliphatic rings. The molecular weight excluding hydrogens is 285 g/mol. The van der Waals surface area contributed by atoms with E-state index < -0.39 is 18.6 Å². The second-order valence-corrected chi connectivity index (χ2v) is 4.51. The number of hydrogen-bond donors (Lipinski definition) is 1. The first-order valence-electron chi connectivity index (χ1n) is 6.14. The van der Waals surface area contributed by atoms with Gasteiger partial charge in [-0.15, -0.1) is 5.10 Å². The van der Waals surface area contributed by atoms with Crippen molar-refractivity contribution in [3.8, 4) is 0 Å². The molecule has 1 aromatic carbocycles. The number of aromatic nitrogens is 3. The van der Waals surface area contributed by atoms with Crippen LogP contribution >= 0.6 is 0 Å². The second-order valence-electron chi connectivity index (χ2n) is 4.51. The summed E-state index contributed by atoms with van der Waals surface area (Å²) in [6.45, 7) is 0.0517. The fourth-order valence-electron chi connectivity index (χ4n) is 1.80. The van der Waals surface area contributed by atoms with E-state index in [2.05, 4.69) is 15.2 Å². The van der Waals surface area contributed by atoms with Crippen molar-refractivity contribution in [2.75, 3.05) is 6.54 Å². The predicted octanol–water partition coefficient (Wildman–Crippen LogP) is 2.32. The van der Waals surface area contributed by atoms with E-state index in [0.29, 0.717) is 16.3 Å². The Balaban J connectivity index is 2.21. The molecule has 1 aromatic heterocycles. The van der Waals surface area contributed by atoms with Gasteiger partial charge < -0.3 is 4.90 Å². The fourth-order valence-corrected chi connectivity index (χ4v) is 1.80. The molecule has 0 atom stereocenters. The van der Waals surface area contributed by atoms with E-state index in [0.717, 1.165) is 0 Å². The summed E-state index contributed by atoms with van der Waals surface area (Å²) in [5, 5.41) is 6.05. The average Bonchev–Trinajstić information content (AvgIpc) is 2.83. The summed E-state index contributed by atoms with van der Waals surface area (Å²) in [6.07, 6.45) is -4.49. The first kappa shape index (κ1) is 15.0. The largest absolute Gasteiger partial charge is 0.406 e. The van der Waals surface area contributed by atoms with E-state index in [-0.39, 0.29) is 12.4 Å². The molecule has 8 heteroatoms. The summed E-state index contributed by atoms with van der Waals surface area (Å²) in [5.74, 6) is -0.766. The van der Waals surface area contributed by atoms with Crippen molar-refractivity contribution in [1.29, 1.82) is 0 Å². The highest BCUT2D eigenvalue weighted by molar-refractivity contribution is 5.90. The monoisotopic (exact) mass is 298 g/mol. The zero-order chi connectivity index (χ0) is 15.5. The van der Waals surface area contributed by atoms with Gasteiger partial charge in [0, 0.05) is 6.54 Å². The molecule has 0 spiro atoms. The highest BCUT2D eigenvalue weighted by Crippen LogP contribution is 2.19. The molecule has 0 saturated heterocycles. The molecule has 1 N–H and O–H groups in total. The van der Waals surface area contributed by atoms with Crippen molar-refractivity contribution in [2.24, 2.45) is 0 Å². The molecular formula is C13H13F3N4O. The SMILES string of the molecule is Cc1nc(C(=O)N(Cc2ccccc2)CC(F)(F)F)n[nH]1. The van der Waals surface area contributed by atoms with Gasteiger partial charge >= 0.3 is 6.18 Å². The van der Waals surface area contributed by atoms with Crippen molar-refractivity contribution in [3.05, 3.63) is 47.5 Å². The molecule has 0 aliphatic heterocycles. The lowest BCUT2D eigenvalue weighted by Crippen LogP contribution is -2.39. The van der Waals surface area contributed by atoms with Gasteiger partial charge in [-0.05, 0) is 12.5 Å². The summed E-state index contributed by atoms with van der Waals surface area (Å²) < 4.78 is 37.9. The molecule has 2 aromatic rings. The number of hydrogen-bond acceptors (Lipinski definition) is 3. The molecule has 0 fully saturated rings. The van der Waals surface area contributed by atoms with Crippen LogP contribution in [0.5, 0.6) is 0 Å². The van der Waals surface area contributed by atoms with E-state index in [4.69, 9.17) is 0 Å². The maximum Gasteiger partial charge on any atom is 0.406 e. The first-order chi connectivity index (χ1) is 9.85. The standard InChI is InChI=1S/C13H13F3N4O/c1-9-17-11(19-18-9)12(21)20(8-13(14,15)16)7-10-5-3-2-4-6-10/h2-6H,7-8H2,1H3,(H,17,18,19). The van der Waals surface area contributed by atoms with E-state index in [1.807, 2.05) is 0 Å². The van der Waals surface area contributed by atoms with E-state index in [9.17, 15) is 18.0 Å². The third-order valence-corrected chi connectivity index (χ3v) is 2.66. The number of H-pyrrole nitrogens is 1. The van der Waals surface area contributed by atoms with Crippen LogP contribution < -0.4 is 0 Å². The van der Waals surface area contributed by atoms with Gasteiger partial charge in [-0.3, -0.25) is 9.89 Å². The van der Waals surface area contributed by atoms with Gasteiger partial charge in [-0.25, -0.2) is 4.98 Å². The number of halogens is 3. The minimum Gasteiger partial charge on any atom is -0.322 e. The van der Waals surface area contributed by atoms with Gasteiger partial charge in [0.1, 0.15) is 12.4 Å². The Morgan fingerprint density at radius 3 is 2.48 bits per heavy atom. The van der Waals surface area contributed by atoms with Gasteiger partial charge in [0.2, 0.25) is 5.82 Å². The predicted molar refractivity (Wildman–Crippen MR) is 68.4 cm³/mol. The molecule has 0 bridgehead atoms. The Morgan fingerprint density at radius 1 is 1.29 bits per heavy atom. The van der Waals surface area contributed by atoms with Gasteiger partial charge in [-0.1, -0.05) is 30.3 Å². The normalized spacial score (nSPS) is 11.4.